The molecule has 1 aromatic rings. The van der Waals surface area contributed by atoms with Crippen molar-refractivity contribution in [1.29, 1.82) is 0 Å². The minimum atomic E-state index is 0.370. The fourth-order valence-corrected chi connectivity index (χ4v) is 1.27. The van der Waals surface area contributed by atoms with Gasteiger partial charge in [0.15, 0.2) is 0 Å². The van der Waals surface area contributed by atoms with Crippen LogP contribution in [0.15, 0.2) is 18.8 Å². The van der Waals surface area contributed by atoms with Crippen LogP contribution >= 0.6 is 23.2 Å². The summed E-state index contributed by atoms with van der Waals surface area (Å²) in [6, 6.07) is 1.80. The van der Waals surface area contributed by atoms with Crippen LogP contribution < -0.4 is 0 Å². The van der Waals surface area contributed by atoms with Gasteiger partial charge in [-0.25, -0.2) is 0 Å². The molecular formula is C8H7Cl2N. The Hall–Kier alpha value is -0.530. The number of hydrogen-bond donors (Lipinski definition) is 0. The third-order valence-electron chi connectivity index (χ3n) is 1.23. The van der Waals surface area contributed by atoms with Gasteiger partial charge in [0.05, 0.1) is 15.7 Å². The minimum Gasteiger partial charge on any atom is -0.253 e. The van der Waals surface area contributed by atoms with Crippen LogP contribution in [0.1, 0.15) is 11.3 Å². The molecule has 0 radical (unpaired) electrons. The van der Waals surface area contributed by atoms with Crippen molar-refractivity contribution in [2.24, 2.45) is 0 Å². The number of hydrogen-bond acceptors (Lipinski definition) is 1. The molecule has 0 unspecified atom stereocenters. The van der Waals surface area contributed by atoms with E-state index < -0.39 is 0 Å². The van der Waals surface area contributed by atoms with Crippen molar-refractivity contribution in [3.63, 3.8) is 0 Å². The lowest BCUT2D eigenvalue weighted by molar-refractivity contribution is 1.24. The maximum atomic E-state index is 5.82. The first-order valence-corrected chi connectivity index (χ1v) is 3.84. The molecular weight excluding hydrogens is 181 g/mol. The first-order chi connectivity index (χ1) is 5.11. The summed E-state index contributed by atoms with van der Waals surface area (Å²) < 4.78 is 0. The molecule has 3 heteroatoms. The van der Waals surface area contributed by atoms with Crippen LogP contribution in [-0.4, -0.2) is 4.98 Å². The van der Waals surface area contributed by atoms with Gasteiger partial charge >= 0.3 is 0 Å². The van der Waals surface area contributed by atoms with Crippen LogP contribution in [0.3, 0.4) is 0 Å². The molecule has 0 saturated carbocycles. The average molecular weight is 188 g/mol. The van der Waals surface area contributed by atoms with Crippen molar-refractivity contribution in [1.82, 2.24) is 4.98 Å². The summed E-state index contributed by atoms with van der Waals surface area (Å²) in [4.78, 5) is 4.01. The van der Waals surface area contributed by atoms with Crippen LogP contribution in [0.4, 0.5) is 0 Å². The highest BCUT2D eigenvalue weighted by Crippen LogP contribution is 2.23. The fraction of sp³-hybridized carbons (Fsp3) is 0.125. The summed E-state index contributed by atoms with van der Waals surface area (Å²) in [5.41, 5.74) is 1.57. The lowest BCUT2D eigenvalue weighted by atomic mass is 10.3. The van der Waals surface area contributed by atoms with E-state index in [1.54, 1.807) is 12.3 Å². The zero-order chi connectivity index (χ0) is 8.43. The molecule has 58 valence electrons. The fourth-order valence-electron chi connectivity index (χ4n) is 0.733. The molecule has 0 atom stereocenters. The zero-order valence-corrected chi connectivity index (χ0v) is 7.58. The third kappa shape index (κ3) is 1.95. The van der Waals surface area contributed by atoms with E-state index in [0.29, 0.717) is 15.7 Å². The van der Waals surface area contributed by atoms with E-state index in [4.69, 9.17) is 23.2 Å². The van der Waals surface area contributed by atoms with Crippen LogP contribution in [0.2, 0.25) is 5.02 Å². The topological polar surface area (TPSA) is 12.9 Å². The van der Waals surface area contributed by atoms with E-state index in [2.05, 4.69) is 11.6 Å². The smallest absolute Gasteiger partial charge is 0.0995 e. The van der Waals surface area contributed by atoms with Crippen molar-refractivity contribution in [3.05, 3.63) is 35.1 Å². The van der Waals surface area contributed by atoms with Crippen LogP contribution in [-0.2, 0) is 0 Å². The maximum Gasteiger partial charge on any atom is 0.0995 e. The lowest BCUT2D eigenvalue weighted by Gasteiger charge is -2.00. The number of nitrogens with zero attached hydrogens (tertiary/aromatic N) is 1. The highest BCUT2D eigenvalue weighted by atomic mass is 35.5. The Morgan fingerprint density at radius 3 is 2.73 bits per heavy atom. The van der Waals surface area contributed by atoms with Crippen molar-refractivity contribution in [2.45, 2.75) is 6.92 Å². The molecule has 0 aromatic carbocycles. The molecule has 0 N–H and O–H groups in total. The first kappa shape index (κ1) is 8.57. The molecule has 1 heterocycles. The summed E-state index contributed by atoms with van der Waals surface area (Å²) in [5, 5.41) is 0.917. The van der Waals surface area contributed by atoms with Gasteiger partial charge in [-0.2, -0.15) is 0 Å². The van der Waals surface area contributed by atoms with Gasteiger partial charge in [-0.05, 0) is 18.6 Å². The summed E-state index contributed by atoms with van der Waals surface area (Å²) >= 11 is 11.4. The largest absolute Gasteiger partial charge is 0.253 e. The van der Waals surface area contributed by atoms with E-state index in [-0.39, 0.29) is 0 Å². The van der Waals surface area contributed by atoms with Crippen molar-refractivity contribution < 1.29 is 0 Å². The van der Waals surface area contributed by atoms with E-state index in [1.807, 2.05) is 6.92 Å². The SMILES string of the molecule is C=C(Cl)c1ncc(C)cc1Cl. The third-order valence-corrected chi connectivity index (χ3v) is 1.70. The standard InChI is InChI=1S/C8H7Cl2N/c1-5-3-7(10)8(6(2)9)11-4-5/h3-4H,2H2,1H3. The molecule has 0 fully saturated rings. The molecule has 0 spiro atoms. The van der Waals surface area contributed by atoms with Crippen molar-refractivity contribution in [2.75, 3.05) is 0 Å². The molecule has 1 aromatic heterocycles. The molecule has 0 aliphatic heterocycles. The van der Waals surface area contributed by atoms with Gasteiger partial charge in [-0.1, -0.05) is 29.8 Å². The van der Waals surface area contributed by atoms with E-state index in [0.717, 1.165) is 5.56 Å². The predicted octanol–water partition coefficient (Wildman–Crippen LogP) is 3.25. The van der Waals surface area contributed by atoms with Crippen LogP contribution in [0, 0.1) is 6.92 Å². The number of pyridine rings is 1. The predicted molar refractivity (Wildman–Crippen MR) is 48.9 cm³/mol. The normalized spacial score (nSPS) is 9.73. The molecule has 0 aliphatic carbocycles. The highest BCUT2D eigenvalue weighted by Gasteiger charge is 2.02. The van der Waals surface area contributed by atoms with Crippen molar-refractivity contribution >= 4 is 28.2 Å². The Bertz CT molecular complexity index is 294. The maximum absolute atomic E-state index is 5.82. The summed E-state index contributed by atoms with van der Waals surface area (Å²) in [6.07, 6.45) is 1.70. The Morgan fingerprint density at radius 2 is 2.27 bits per heavy atom. The first-order valence-electron chi connectivity index (χ1n) is 3.08. The van der Waals surface area contributed by atoms with Gasteiger partial charge in [-0.3, -0.25) is 4.98 Å². The van der Waals surface area contributed by atoms with Crippen LogP contribution in [0.5, 0.6) is 0 Å². The second-order valence-corrected chi connectivity index (χ2v) is 3.11. The zero-order valence-electron chi connectivity index (χ0n) is 6.06. The Balaban J connectivity index is 3.20. The highest BCUT2D eigenvalue weighted by molar-refractivity contribution is 6.49. The quantitative estimate of drug-likeness (QED) is 0.659. The lowest BCUT2D eigenvalue weighted by Crippen LogP contribution is -1.85. The number of aryl methyl sites for hydroxylation is 1. The van der Waals surface area contributed by atoms with Gasteiger partial charge in [0.25, 0.3) is 0 Å². The summed E-state index contributed by atoms with van der Waals surface area (Å²) in [5.74, 6) is 0. The molecule has 0 saturated heterocycles. The second kappa shape index (κ2) is 3.24. The van der Waals surface area contributed by atoms with Crippen molar-refractivity contribution in [3.8, 4) is 0 Å². The summed E-state index contributed by atoms with van der Waals surface area (Å²) in [7, 11) is 0. The average Bonchev–Trinajstić information content (AvgIpc) is 1.85. The number of aromatic nitrogens is 1. The monoisotopic (exact) mass is 187 g/mol. The molecule has 1 rings (SSSR count). The summed E-state index contributed by atoms with van der Waals surface area (Å²) in [6.45, 7) is 5.45. The van der Waals surface area contributed by atoms with Gasteiger partial charge in [0, 0.05) is 6.20 Å². The van der Waals surface area contributed by atoms with E-state index in [9.17, 15) is 0 Å². The minimum absolute atomic E-state index is 0.370. The molecule has 0 amide bonds. The van der Waals surface area contributed by atoms with E-state index in [1.165, 1.54) is 0 Å². The Kier molecular flexibility index (Phi) is 2.53. The molecule has 1 nitrogen and oxygen atoms in total. The Labute approximate surface area is 75.7 Å². The molecule has 11 heavy (non-hydrogen) atoms. The molecule has 0 bridgehead atoms. The van der Waals surface area contributed by atoms with Gasteiger partial charge in [0.2, 0.25) is 0 Å². The Morgan fingerprint density at radius 1 is 1.64 bits per heavy atom. The van der Waals surface area contributed by atoms with Gasteiger partial charge in [-0.15, -0.1) is 0 Å². The van der Waals surface area contributed by atoms with E-state index >= 15 is 0 Å². The number of rotatable bonds is 1. The van der Waals surface area contributed by atoms with Gasteiger partial charge < -0.3 is 0 Å². The van der Waals surface area contributed by atoms with Gasteiger partial charge in [0.1, 0.15) is 0 Å². The molecule has 0 aliphatic rings. The van der Waals surface area contributed by atoms with Crippen LogP contribution in [0.25, 0.3) is 5.03 Å². The number of halogens is 2. The second-order valence-electron chi connectivity index (χ2n) is 2.25.